The molecule has 27 heavy (non-hydrogen) atoms. The number of fused-ring (bicyclic) bond motifs is 1. The van der Waals surface area contributed by atoms with Crippen LogP contribution in [0.3, 0.4) is 0 Å². The normalized spacial score (nSPS) is 10.6. The van der Waals surface area contributed by atoms with E-state index in [4.69, 9.17) is 16.3 Å². The smallest absolute Gasteiger partial charge is 0.295 e. The van der Waals surface area contributed by atoms with Crippen molar-refractivity contribution in [1.82, 2.24) is 4.98 Å². The number of nitro groups is 2. The molecule has 0 bridgehead atoms. The number of nitrogens with zero attached hydrogens (tertiary/aromatic N) is 3. The maximum atomic E-state index is 12.5. The molecule has 0 unspecified atom stereocenters. The minimum atomic E-state index is -0.893. The van der Waals surface area contributed by atoms with E-state index in [1.807, 2.05) is 0 Å². The molecule has 0 fully saturated rings. The van der Waals surface area contributed by atoms with Gasteiger partial charge < -0.3 is 4.74 Å². The van der Waals surface area contributed by atoms with Gasteiger partial charge in [-0.2, -0.15) is 0 Å². The summed E-state index contributed by atoms with van der Waals surface area (Å²) in [5.41, 5.74) is -1.14. The van der Waals surface area contributed by atoms with Gasteiger partial charge in [0.15, 0.2) is 5.13 Å². The van der Waals surface area contributed by atoms with Gasteiger partial charge in [-0.25, -0.2) is 4.98 Å². The van der Waals surface area contributed by atoms with Crippen molar-refractivity contribution in [3.63, 3.8) is 0 Å². The summed E-state index contributed by atoms with van der Waals surface area (Å²) in [7, 11) is 1.52. The lowest BCUT2D eigenvalue weighted by Gasteiger charge is -2.05. The van der Waals surface area contributed by atoms with E-state index in [1.165, 1.54) is 7.11 Å². The molecule has 0 aliphatic carbocycles. The number of methoxy groups -OCH3 is 1. The molecule has 10 nitrogen and oxygen atoms in total. The van der Waals surface area contributed by atoms with E-state index in [2.05, 4.69) is 10.3 Å². The number of nitro benzene ring substituents is 2. The van der Waals surface area contributed by atoms with Gasteiger partial charge >= 0.3 is 0 Å². The highest BCUT2D eigenvalue weighted by Crippen LogP contribution is 2.34. The van der Waals surface area contributed by atoms with E-state index in [0.717, 1.165) is 22.1 Å². The summed E-state index contributed by atoms with van der Waals surface area (Å²) in [6.45, 7) is 0. The number of anilines is 1. The number of carbonyl (C=O) groups excluding carboxylic acids is 1. The zero-order valence-corrected chi connectivity index (χ0v) is 15.0. The van der Waals surface area contributed by atoms with Gasteiger partial charge in [-0.3, -0.25) is 30.3 Å². The number of thiazole rings is 1. The second-order valence-corrected chi connectivity index (χ2v) is 6.56. The molecule has 0 atom stereocenters. The third kappa shape index (κ3) is 3.64. The van der Waals surface area contributed by atoms with Crippen LogP contribution < -0.4 is 10.1 Å². The molecule has 12 heteroatoms. The van der Waals surface area contributed by atoms with Gasteiger partial charge in [0.25, 0.3) is 17.3 Å². The standard InChI is InChI=1S/C15H9ClN4O6S/c1-26-8-2-3-10-12(6-8)27-15(17-10)18-14(21)9-4-7(19(22)23)5-11(13(9)16)20(24)25/h2-6H,1H3,(H,17,18,21). The minimum absolute atomic E-state index is 0.202. The Balaban J connectivity index is 1.98. The number of hydrogen-bond donors (Lipinski definition) is 1. The Morgan fingerprint density at radius 1 is 1.22 bits per heavy atom. The van der Waals surface area contributed by atoms with Crippen LogP contribution in [0.5, 0.6) is 5.75 Å². The van der Waals surface area contributed by atoms with Crippen LogP contribution >= 0.6 is 22.9 Å². The molecule has 0 saturated heterocycles. The van der Waals surface area contributed by atoms with Gasteiger partial charge in [-0.05, 0) is 18.2 Å². The zero-order valence-electron chi connectivity index (χ0n) is 13.5. The number of ether oxygens (including phenoxy) is 1. The molecule has 1 amide bonds. The molecule has 2 aromatic carbocycles. The van der Waals surface area contributed by atoms with Crippen molar-refractivity contribution < 1.29 is 19.4 Å². The van der Waals surface area contributed by atoms with Crippen LogP contribution in [-0.2, 0) is 0 Å². The van der Waals surface area contributed by atoms with E-state index in [0.29, 0.717) is 17.3 Å². The van der Waals surface area contributed by atoms with Gasteiger partial charge in [0, 0.05) is 6.07 Å². The number of hydrogen-bond acceptors (Lipinski definition) is 8. The number of aromatic nitrogens is 1. The molecule has 0 aliphatic rings. The molecule has 1 heterocycles. The maximum absolute atomic E-state index is 12.5. The first kappa shape index (κ1) is 18.5. The number of amides is 1. The Labute approximate surface area is 159 Å². The van der Waals surface area contributed by atoms with Crippen molar-refractivity contribution >= 4 is 55.6 Å². The highest BCUT2D eigenvalue weighted by Gasteiger charge is 2.26. The monoisotopic (exact) mass is 408 g/mol. The van der Waals surface area contributed by atoms with Crippen molar-refractivity contribution in [3.05, 3.63) is 61.1 Å². The molecule has 1 N–H and O–H groups in total. The van der Waals surface area contributed by atoms with Crippen LogP contribution in [0, 0.1) is 20.2 Å². The first-order valence-corrected chi connectivity index (χ1v) is 8.38. The number of halogens is 1. The molecule has 3 aromatic rings. The lowest BCUT2D eigenvalue weighted by atomic mass is 10.1. The average Bonchev–Trinajstić information content (AvgIpc) is 3.02. The second kappa shape index (κ2) is 7.13. The molecule has 0 aliphatic heterocycles. The molecule has 0 saturated carbocycles. The third-order valence-corrected chi connectivity index (χ3v) is 4.84. The molecular formula is C15H9ClN4O6S. The maximum Gasteiger partial charge on any atom is 0.295 e. The topological polar surface area (TPSA) is 138 Å². The molecular weight excluding hydrogens is 400 g/mol. The summed E-state index contributed by atoms with van der Waals surface area (Å²) in [5, 5.41) is 24.2. The zero-order chi connectivity index (χ0) is 19.7. The summed E-state index contributed by atoms with van der Waals surface area (Å²) in [6, 6.07) is 6.71. The fraction of sp³-hybridized carbons (Fsp3) is 0.0667. The van der Waals surface area contributed by atoms with Gasteiger partial charge in [-0.15, -0.1) is 0 Å². The van der Waals surface area contributed by atoms with Crippen LogP contribution in [0.2, 0.25) is 5.02 Å². The largest absolute Gasteiger partial charge is 0.497 e. The van der Waals surface area contributed by atoms with Crippen molar-refractivity contribution in [3.8, 4) is 5.75 Å². The molecule has 0 spiro atoms. The van der Waals surface area contributed by atoms with Gasteiger partial charge in [0.2, 0.25) is 0 Å². The first-order valence-electron chi connectivity index (χ1n) is 7.18. The van der Waals surface area contributed by atoms with Gasteiger partial charge in [-0.1, -0.05) is 22.9 Å². The van der Waals surface area contributed by atoms with Crippen LogP contribution in [0.25, 0.3) is 10.2 Å². The Morgan fingerprint density at radius 2 is 1.96 bits per heavy atom. The highest BCUT2D eigenvalue weighted by molar-refractivity contribution is 7.22. The summed E-state index contributed by atoms with van der Waals surface area (Å²) in [4.78, 5) is 37.0. The van der Waals surface area contributed by atoms with Crippen LogP contribution in [0.1, 0.15) is 10.4 Å². The minimum Gasteiger partial charge on any atom is -0.497 e. The summed E-state index contributed by atoms with van der Waals surface area (Å²) in [5.74, 6) is -0.237. The van der Waals surface area contributed by atoms with Crippen molar-refractivity contribution in [1.29, 1.82) is 0 Å². The van der Waals surface area contributed by atoms with Crippen molar-refractivity contribution in [2.24, 2.45) is 0 Å². The molecule has 0 radical (unpaired) electrons. The second-order valence-electron chi connectivity index (χ2n) is 5.15. The number of benzene rings is 2. The average molecular weight is 409 g/mol. The SMILES string of the molecule is COc1ccc2nc(NC(=O)c3cc([N+](=O)[O-])cc([N+](=O)[O-])c3Cl)sc2c1. The highest BCUT2D eigenvalue weighted by atomic mass is 35.5. The quantitative estimate of drug-likeness (QED) is 0.496. The summed E-state index contributed by atoms with van der Waals surface area (Å²) >= 11 is 7.04. The first-order chi connectivity index (χ1) is 12.8. The molecule has 1 aromatic heterocycles. The third-order valence-electron chi connectivity index (χ3n) is 3.51. The Kier molecular flexibility index (Phi) is 4.88. The van der Waals surface area contributed by atoms with E-state index in [-0.39, 0.29) is 5.13 Å². The van der Waals surface area contributed by atoms with E-state index >= 15 is 0 Å². The number of non-ortho nitro benzene ring substituents is 1. The van der Waals surface area contributed by atoms with Crippen LogP contribution in [0.15, 0.2) is 30.3 Å². The number of nitrogens with one attached hydrogen (secondary N) is 1. The summed E-state index contributed by atoms with van der Waals surface area (Å²) in [6.07, 6.45) is 0. The predicted octanol–water partition coefficient (Wildman–Crippen LogP) is 4.03. The molecule has 3 rings (SSSR count). The van der Waals surface area contributed by atoms with E-state index in [9.17, 15) is 25.0 Å². The Bertz CT molecular complexity index is 1100. The Morgan fingerprint density at radius 3 is 2.59 bits per heavy atom. The lowest BCUT2D eigenvalue weighted by Crippen LogP contribution is -2.13. The lowest BCUT2D eigenvalue weighted by molar-refractivity contribution is -0.394. The summed E-state index contributed by atoms with van der Waals surface area (Å²) < 4.78 is 5.85. The Hall–Kier alpha value is -3.31. The molecule has 138 valence electrons. The fourth-order valence-electron chi connectivity index (χ4n) is 2.25. The van der Waals surface area contributed by atoms with Gasteiger partial charge in [0.05, 0.1) is 38.8 Å². The van der Waals surface area contributed by atoms with Crippen molar-refractivity contribution in [2.75, 3.05) is 12.4 Å². The predicted molar refractivity (Wildman–Crippen MR) is 98.9 cm³/mol. The fourth-order valence-corrected chi connectivity index (χ4v) is 3.40. The van der Waals surface area contributed by atoms with Gasteiger partial charge in [0.1, 0.15) is 10.8 Å². The van der Waals surface area contributed by atoms with E-state index in [1.54, 1.807) is 18.2 Å². The number of carbonyl (C=O) groups is 1. The van der Waals surface area contributed by atoms with E-state index < -0.39 is 37.7 Å². The number of rotatable bonds is 5. The van der Waals surface area contributed by atoms with Crippen LogP contribution in [-0.4, -0.2) is 27.8 Å². The van der Waals surface area contributed by atoms with Crippen LogP contribution in [0.4, 0.5) is 16.5 Å². The van der Waals surface area contributed by atoms with Crippen molar-refractivity contribution in [2.45, 2.75) is 0 Å².